The van der Waals surface area contributed by atoms with E-state index in [2.05, 4.69) is 9.88 Å². The van der Waals surface area contributed by atoms with Crippen LogP contribution in [0.25, 0.3) is 0 Å². The van der Waals surface area contributed by atoms with Gasteiger partial charge in [0.05, 0.1) is 12.2 Å². The molecule has 0 aliphatic carbocycles. The van der Waals surface area contributed by atoms with Gasteiger partial charge >= 0.3 is 0 Å². The molecule has 7 nitrogen and oxygen atoms in total. The van der Waals surface area contributed by atoms with E-state index in [0.717, 1.165) is 35.1 Å². The van der Waals surface area contributed by atoms with E-state index >= 15 is 0 Å². The number of hydrogen-bond acceptors (Lipinski definition) is 6. The van der Waals surface area contributed by atoms with Gasteiger partial charge < -0.3 is 14.5 Å². The van der Waals surface area contributed by atoms with Crippen LogP contribution in [-0.4, -0.2) is 78.4 Å². The van der Waals surface area contributed by atoms with Gasteiger partial charge in [0, 0.05) is 40.3 Å². The highest BCUT2D eigenvalue weighted by Gasteiger charge is 2.23. The molecule has 156 valence electrons. The van der Waals surface area contributed by atoms with Gasteiger partial charge in [0.1, 0.15) is 15.6 Å². The summed E-state index contributed by atoms with van der Waals surface area (Å²) in [4.78, 5) is 35.6. The minimum absolute atomic E-state index is 0.00433. The van der Waals surface area contributed by atoms with Crippen molar-refractivity contribution in [2.24, 2.45) is 0 Å². The zero-order valence-corrected chi connectivity index (χ0v) is 18.3. The van der Waals surface area contributed by atoms with Crippen LogP contribution in [0.2, 0.25) is 0 Å². The highest BCUT2D eigenvalue weighted by molar-refractivity contribution is 7.13. The Labute approximate surface area is 175 Å². The predicted octanol–water partition coefficient (Wildman–Crippen LogP) is 2.18. The molecule has 0 radical (unpaired) electrons. The number of ether oxygens (including phenoxy) is 1. The molecule has 0 bridgehead atoms. The van der Waals surface area contributed by atoms with E-state index < -0.39 is 0 Å². The number of piperazine rings is 1. The van der Waals surface area contributed by atoms with Gasteiger partial charge in [-0.05, 0) is 25.5 Å². The second-order valence-corrected chi connectivity index (χ2v) is 8.52. The minimum Gasteiger partial charge on any atom is -0.484 e. The largest absolute Gasteiger partial charge is 0.484 e. The van der Waals surface area contributed by atoms with Crippen LogP contribution in [0.3, 0.4) is 0 Å². The highest BCUT2D eigenvalue weighted by Crippen LogP contribution is 2.21. The number of thiazole rings is 1. The first-order chi connectivity index (χ1) is 13.8. The molecule has 0 saturated carbocycles. The lowest BCUT2D eigenvalue weighted by Crippen LogP contribution is -2.49. The Morgan fingerprint density at radius 3 is 2.48 bits per heavy atom. The van der Waals surface area contributed by atoms with Gasteiger partial charge in [-0.25, -0.2) is 4.98 Å². The van der Waals surface area contributed by atoms with Crippen molar-refractivity contribution < 1.29 is 14.3 Å². The van der Waals surface area contributed by atoms with Crippen molar-refractivity contribution >= 4 is 23.2 Å². The molecule has 1 aliphatic heterocycles. The van der Waals surface area contributed by atoms with Crippen molar-refractivity contribution in [3.05, 3.63) is 45.4 Å². The van der Waals surface area contributed by atoms with Gasteiger partial charge in [-0.2, -0.15) is 0 Å². The first kappa shape index (κ1) is 21.3. The van der Waals surface area contributed by atoms with E-state index in [9.17, 15) is 9.59 Å². The van der Waals surface area contributed by atoms with Gasteiger partial charge in [-0.15, -0.1) is 11.3 Å². The van der Waals surface area contributed by atoms with Crippen molar-refractivity contribution in [1.29, 1.82) is 0 Å². The van der Waals surface area contributed by atoms with Crippen molar-refractivity contribution in [1.82, 2.24) is 19.7 Å². The first-order valence-corrected chi connectivity index (χ1v) is 10.5. The quantitative estimate of drug-likeness (QED) is 0.722. The minimum atomic E-state index is -0.00433. The lowest BCUT2D eigenvalue weighted by atomic mass is 10.2. The molecule has 1 aromatic carbocycles. The number of carbonyl (C=O) groups excluding carboxylic acids is 2. The van der Waals surface area contributed by atoms with E-state index in [0.29, 0.717) is 24.5 Å². The molecule has 3 rings (SSSR count). The average molecular weight is 417 g/mol. The fourth-order valence-corrected chi connectivity index (χ4v) is 4.35. The zero-order valence-electron chi connectivity index (χ0n) is 17.5. The molecule has 1 saturated heterocycles. The van der Waals surface area contributed by atoms with E-state index in [1.807, 2.05) is 43.0 Å². The van der Waals surface area contributed by atoms with Gasteiger partial charge in [-0.3, -0.25) is 14.5 Å². The summed E-state index contributed by atoms with van der Waals surface area (Å²) < 4.78 is 5.68. The molecular weight excluding hydrogens is 388 g/mol. The number of aryl methyl sites for hydroxylation is 2. The lowest BCUT2D eigenvalue weighted by molar-refractivity contribution is -0.135. The monoisotopic (exact) mass is 416 g/mol. The summed E-state index contributed by atoms with van der Waals surface area (Å²) in [5, 5.41) is 0.940. The predicted molar refractivity (Wildman–Crippen MR) is 113 cm³/mol. The van der Waals surface area contributed by atoms with Crippen LogP contribution >= 0.6 is 11.3 Å². The second kappa shape index (κ2) is 9.37. The number of nitrogens with zero attached hydrogens (tertiary/aromatic N) is 4. The molecule has 0 spiro atoms. The molecule has 1 aliphatic rings. The fraction of sp³-hybridized carbons (Fsp3) is 0.476. The third-order valence-electron chi connectivity index (χ3n) is 4.97. The number of aromatic nitrogens is 1. The molecule has 0 atom stereocenters. The molecule has 0 N–H and O–H groups in total. The maximum Gasteiger partial charge on any atom is 0.265 e. The Bertz CT molecular complexity index is 873. The molecule has 1 fully saturated rings. The summed E-state index contributed by atoms with van der Waals surface area (Å²) in [5.74, 6) is 0.758. The number of amides is 2. The van der Waals surface area contributed by atoms with Crippen LogP contribution in [-0.2, 0) is 11.3 Å². The molecule has 1 aromatic heterocycles. The van der Waals surface area contributed by atoms with Crippen LogP contribution in [0.4, 0.5) is 0 Å². The topological polar surface area (TPSA) is 66.0 Å². The van der Waals surface area contributed by atoms with Gasteiger partial charge in [0.15, 0.2) is 6.61 Å². The maximum absolute atomic E-state index is 12.5. The molecule has 29 heavy (non-hydrogen) atoms. The van der Waals surface area contributed by atoms with Gasteiger partial charge in [0.25, 0.3) is 11.8 Å². The van der Waals surface area contributed by atoms with E-state index in [4.69, 9.17) is 4.74 Å². The summed E-state index contributed by atoms with van der Waals surface area (Å²) in [5.41, 5.74) is 1.81. The average Bonchev–Trinajstić information content (AvgIpc) is 3.07. The normalized spacial score (nSPS) is 14.7. The third-order valence-corrected chi connectivity index (χ3v) is 6.10. The van der Waals surface area contributed by atoms with Gasteiger partial charge in [0.2, 0.25) is 0 Å². The Balaban J connectivity index is 1.48. The van der Waals surface area contributed by atoms with Gasteiger partial charge in [-0.1, -0.05) is 18.2 Å². The fourth-order valence-electron chi connectivity index (χ4n) is 3.22. The Kier molecular flexibility index (Phi) is 6.87. The summed E-state index contributed by atoms with van der Waals surface area (Å²) in [6.45, 7) is 7.52. The summed E-state index contributed by atoms with van der Waals surface area (Å²) in [6, 6.07) is 7.71. The third kappa shape index (κ3) is 5.33. The van der Waals surface area contributed by atoms with E-state index in [1.54, 1.807) is 19.0 Å². The molecular formula is C21H28N4O3S. The highest BCUT2D eigenvalue weighted by atomic mass is 32.1. The van der Waals surface area contributed by atoms with Crippen molar-refractivity contribution in [3.63, 3.8) is 0 Å². The number of carbonyl (C=O) groups is 2. The first-order valence-electron chi connectivity index (χ1n) is 9.71. The lowest BCUT2D eigenvalue weighted by Gasteiger charge is -2.34. The maximum atomic E-state index is 12.5. The van der Waals surface area contributed by atoms with Crippen LogP contribution < -0.4 is 4.74 Å². The summed E-state index contributed by atoms with van der Waals surface area (Å²) in [7, 11) is 3.50. The smallest absolute Gasteiger partial charge is 0.265 e. The van der Waals surface area contributed by atoms with E-state index in [1.165, 1.54) is 11.3 Å². The summed E-state index contributed by atoms with van der Waals surface area (Å²) >= 11 is 1.46. The van der Waals surface area contributed by atoms with E-state index in [-0.39, 0.29) is 18.4 Å². The molecule has 2 amide bonds. The Morgan fingerprint density at radius 1 is 1.14 bits per heavy atom. The van der Waals surface area contributed by atoms with Crippen LogP contribution in [0.1, 0.15) is 25.9 Å². The standard InChI is InChI=1S/C21H28N4O3S/c1-15-7-5-6-8-17(15)28-14-19(26)25-11-9-24(10-12-25)13-18-22-16(2)20(29-18)21(27)23(3)4/h5-8H,9-14H2,1-4H3. The van der Waals surface area contributed by atoms with Crippen LogP contribution in [0.5, 0.6) is 5.75 Å². The van der Waals surface area contributed by atoms with Crippen molar-refractivity contribution in [2.75, 3.05) is 46.9 Å². The second-order valence-electron chi connectivity index (χ2n) is 7.43. The van der Waals surface area contributed by atoms with Crippen molar-refractivity contribution in [3.8, 4) is 5.75 Å². The Hall–Kier alpha value is -2.45. The number of hydrogen-bond donors (Lipinski definition) is 0. The SMILES string of the molecule is Cc1ccccc1OCC(=O)N1CCN(Cc2nc(C)c(C(=O)N(C)C)s2)CC1. The zero-order chi connectivity index (χ0) is 21.0. The van der Waals surface area contributed by atoms with Crippen LogP contribution in [0, 0.1) is 13.8 Å². The number of benzene rings is 1. The number of para-hydroxylation sites is 1. The molecule has 8 heteroatoms. The molecule has 0 unspecified atom stereocenters. The number of rotatable bonds is 6. The van der Waals surface area contributed by atoms with Crippen LogP contribution in [0.15, 0.2) is 24.3 Å². The summed E-state index contributed by atoms with van der Waals surface area (Å²) in [6.07, 6.45) is 0. The van der Waals surface area contributed by atoms with Crippen molar-refractivity contribution in [2.45, 2.75) is 20.4 Å². The Morgan fingerprint density at radius 2 is 1.83 bits per heavy atom. The molecule has 2 heterocycles. The molecule has 2 aromatic rings.